The predicted octanol–water partition coefficient (Wildman–Crippen LogP) is 1.64. The number of aliphatic hydroxyl groups is 2. The third-order valence-corrected chi connectivity index (χ3v) is 1.41. The van der Waals surface area contributed by atoms with Crippen LogP contribution in [0, 0.1) is 0 Å². The van der Waals surface area contributed by atoms with E-state index in [1.807, 2.05) is 19.1 Å². The van der Waals surface area contributed by atoms with Gasteiger partial charge in [0.2, 0.25) is 0 Å². The molecule has 0 aromatic carbocycles. The maximum atomic E-state index is 9.34. The first-order valence-electron chi connectivity index (χ1n) is 4.12. The molecule has 0 heterocycles. The van der Waals surface area contributed by atoms with E-state index in [1.54, 1.807) is 19.9 Å². The van der Waals surface area contributed by atoms with Gasteiger partial charge in [0.15, 0.2) is 0 Å². The highest BCUT2D eigenvalue weighted by Gasteiger charge is 2.08. The molecule has 0 aliphatic carbocycles. The van der Waals surface area contributed by atoms with E-state index in [4.69, 9.17) is 5.11 Å². The second kappa shape index (κ2) is 5.12. The highest BCUT2D eigenvalue weighted by atomic mass is 16.3. The molecule has 0 saturated carbocycles. The summed E-state index contributed by atoms with van der Waals surface area (Å²) in [5.41, 5.74) is 0.373. The van der Waals surface area contributed by atoms with Crippen molar-refractivity contribution in [2.45, 2.75) is 32.8 Å². The van der Waals surface area contributed by atoms with Gasteiger partial charge in [-0.15, -0.1) is 0 Å². The number of rotatable bonds is 4. The Bertz CT molecular complexity index is 173. The lowest BCUT2D eigenvalue weighted by atomic mass is 10.0. The molecule has 0 bridgehead atoms. The van der Waals surface area contributed by atoms with Gasteiger partial charge in [-0.05, 0) is 27.2 Å². The van der Waals surface area contributed by atoms with Crippen molar-refractivity contribution in [3.8, 4) is 0 Å². The molecule has 0 atom stereocenters. The quantitative estimate of drug-likeness (QED) is 0.630. The molecule has 2 nitrogen and oxygen atoms in total. The van der Waals surface area contributed by atoms with Gasteiger partial charge in [0.05, 0.1) is 12.2 Å². The number of hydrogen-bond donors (Lipinski definition) is 2. The Morgan fingerprint density at radius 1 is 1.42 bits per heavy atom. The number of aliphatic hydroxyl groups excluding tert-OH is 1. The van der Waals surface area contributed by atoms with Gasteiger partial charge in [-0.1, -0.05) is 23.8 Å². The van der Waals surface area contributed by atoms with Crippen LogP contribution in [0.15, 0.2) is 23.8 Å². The highest BCUT2D eigenvalue weighted by molar-refractivity contribution is 5.16. The summed E-state index contributed by atoms with van der Waals surface area (Å²) in [6.45, 7) is 5.51. The van der Waals surface area contributed by atoms with Crippen LogP contribution in [-0.2, 0) is 0 Å². The van der Waals surface area contributed by atoms with Gasteiger partial charge >= 0.3 is 0 Å². The minimum atomic E-state index is -0.643. The fourth-order valence-electron chi connectivity index (χ4n) is 0.745. The van der Waals surface area contributed by atoms with Gasteiger partial charge in [0.1, 0.15) is 0 Å². The zero-order valence-corrected chi connectivity index (χ0v) is 8.04. The molecule has 0 aliphatic heterocycles. The maximum absolute atomic E-state index is 9.34. The van der Waals surface area contributed by atoms with E-state index in [1.165, 1.54) is 0 Å². The van der Waals surface area contributed by atoms with Crippen LogP contribution in [-0.4, -0.2) is 22.4 Å². The van der Waals surface area contributed by atoms with Crippen LogP contribution in [0.3, 0.4) is 0 Å². The van der Waals surface area contributed by atoms with E-state index in [2.05, 4.69) is 0 Å². The first kappa shape index (κ1) is 11.4. The summed E-state index contributed by atoms with van der Waals surface area (Å²) < 4.78 is 0. The molecule has 70 valence electrons. The summed E-state index contributed by atoms with van der Waals surface area (Å²) in [7, 11) is 0. The van der Waals surface area contributed by atoms with Crippen molar-refractivity contribution in [1.82, 2.24) is 0 Å². The molecule has 0 aliphatic rings. The largest absolute Gasteiger partial charge is 0.392 e. The van der Waals surface area contributed by atoms with Crippen LogP contribution in [0.5, 0.6) is 0 Å². The predicted molar refractivity (Wildman–Crippen MR) is 50.9 cm³/mol. The van der Waals surface area contributed by atoms with Crippen molar-refractivity contribution in [1.29, 1.82) is 0 Å². The molecule has 0 aromatic heterocycles. The van der Waals surface area contributed by atoms with Crippen molar-refractivity contribution in [3.05, 3.63) is 23.8 Å². The van der Waals surface area contributed by atoms with Crippen molar-refractivity contribution in [2.24, 2.45) is 0 Å². The van der Waals surface area contributed by atoms with E-state index >= 15 is 0 Å². The Morgan fingerprint density at radius 3 is 2.42 bits per heavy atom. The molecule has 0 fully saturated rings. The van der Waals surface area contributed by atoms with Crippen LogP contribution < -0.4 is 0 Å². The second-order valence-electron chi connectivity index (χ2n) is 3.55. The minimum Gasteiger partial charge on any atom is -0.392 e. The molecule has 0 amide bonds. The van der Waals surface area contributed by atoms with Crippen LogP contribution in [0.2, 0.25) is 0 Å². The third kappa shape index (κ3) is 7.51. The third-order valence-electron chi connectivity index (χ3n) is 1.41. The summed E-state index contributed by atoms with van der Waals surface area (Å²) in [5, 5.41) is 17.9. The van der Waals surface area contributed by atoms with E-state index < -0.39 is 5.60 Å². The van der Waals surface area contributed by atoms with Crippen molar-refractivity contribution in [3.63, 3.8) is 0 Å². The van der Waals surface area contributed by atoms with Gasteiger partial charge in [-0.25, -0.2) is 0 Å². The molecular formula is C10H18O2. The van der Waals surface area contributed by atoms with Crippen LogP contribution >= 0.6 is 0 Å². The molecule has 0 aromatic rings. The Morgan fingerprint density at radius 2 is 2.00 bits per heavy atom. The number of allylic oxidation sites excluding steroid dienone is 2. The lowest BCUT2D eigenvalue weighted by Gasteiger charge is -2.13. The van der Waals surface area contributed by atoms with Crippen molar-refractivity contribution >= 4 is 0 Å². The normalized spacial score (nSPS) is 14.2. The Hall–Kier alpha value is -0.600. The minimum absolute atomic E-state index is 0.0681. The highest BCUT2D eigenvalue weighted by Crippen LogP contribution is 2.08. The molecule has 0 radical (unpaired) electrons. The standard InChI is InChI=1S/C10H18O2/c1-9(6-8-11)5-4-7-10(2,3)12/h4-6,11-12H,7-8H2,1-3H3. The first-order valence-corrected chi connectivity index (χ1v) is 4.12. The Balaban J connectivity index is 3.85. The number of hydrogen-bond acceptors (Lipinski definition) is 2. The molecule has 0 unspecified atom stereocenters. The summed E-state index contributed by atoms with van der Waals surface area (Å²) in [5.74, 6) is 0. The topological polar surface area (TPSA) is 40.5 Å². The van der Waals surface area contributed by atoms with Gasteiger partial charge < -0.3 is 10.2 Å². The van der Waals surface area contributed by atoms with E-state index in [9.17, 15) is 5.11 Å². The fraction of sp³-hybridized carbons (Fsp3) is 0.600. The SMILES string of the molecule is CC(C=CCC(C)(C)O)=CCO. The molecule has 0 saturated heterocycles. The van der Waals surface area contributed by atoms with Crippen molar-refractivity contribution in [2.75, 3.05) is 6.61 Å². The Labute approximate surface area is 74.2 Å². The molecule has 0 spiro atoms. The van der Waals surface area contributed by atoms with Gasteiger partial charge in [0, 0.05) is 0 Å². The van der Waals surface area contributed by atoms with Gasteiger partial charge in [-0.3, -0.25) is 0 Å². The Kier molecular flexibility index (Phi) is 4.86. The molecule has 2 heteroatoms. The van der Waals surface area contributed by atoms with E-state index in [0.717, 1.165) is 5.57 Å². The maximum Gasteiger partial charge on any atom is 0.0626 e. The van der Waals surface area contributed by atoms with Crippen LogP contribution in [0.1, 0.15) is 27.2 Å². The average molecular weight is 170 g/mol. The van der Waals surface area contributed by atoms with Crippen molar-refractivity contribution < 1.29 is 10.2 Å². The van der Waals surface area contributed by atoms with E-state index in [0.29, 0.717) is 6.42 Å². The molecule has 12 heavy (non-hydrogen) atoms. The zero-order valence-electron chi connectivity index (χ0n) is 8.04. The summed E-state index contributed by atoms with van der Waals surface area (Å²) >= 11 is 0. The monoisotopic (exact) mass is 170 g/mol. The second-order valence-corrected chi connectivity index (χ2v) is 3.55. The zero-order chi connectivity index (χ0) is 9.61. The lowest BCUT2D eigenvalue weighted by molar-refractivity contribution is 0.0839. The first-order chi connectivity index (χ1) is 5.45. The lowest BCUT2D eigenvalue weighted by Crippen LogP contribution is -2.16. The van der Waals surface area contributed by atoms with Gasteiger partial charge in [0.25, 0.3) is 0 Å². The summed E-state index contributed by atoms with van der Waals surface area (Å²) in [6, 6.07) is 0. The van der Waals surface area contributed by atoms with Crippen LogP contribution in [0.4, 0.5) is 0 Å². The summed E-state index contributed by atoms with van der Waals surface area (Å²) in [4.78, 5) is 0. The van der Waals surface area contributed by atoms with E-state index in [-0.39, 0.29) is 6.61 Å². The fourth-order valence-corrected chi connectivity index (χ4v) is 0.745. The summed E-state index contributed by atoms with van der Waals surface area (Å²) in [6.07, 6.45) is 6.15. The molecule has 0 rings (SSSR count). The van der Waals surface area contributed by atoms with Crippen LogP contribution in [0.25, 0.3) is 0 Å². The smallest absolute Gasteiger partial charge is 0.0626 e. The van der Waals surface area contributed by atoms with Gasteiger partial charge in [-0.2, -0.15) is 0 Å². The molecule has 2 N–H and O–H groups in total. The average Bonchev–Trinajstić information content (AvgIpc) is 1.84. The molecular weight excluding hydrogens is 152 g/mol.